The van der Waals surface area contributed by atoms with Gasteiger partial charge in [0.25, 0.3) is 0 Å². The van der Waals surface area contributed by atoms with Crippen molar-refractivity contribution in [2.45, 2.75) is 65.7 Å². The number of aliphatic hydroxyl groups excluding tert-OH is 1. The Kier molecular flexibility index (Phi) is 10.5. The van der Waals surface area contributed by atoms with Gasteiger partial charge >= 0.3 is 5.97 Å². The summed E-state index contributed by atoms with van der Waals surface area (Å²) in [5.74, 6) is -0.402. The van der Waals surface area contributed by atoms with Gasteiger partial charge in [-0.1, -0.05) is 80.9 Å². The van der Waals surface area contributed by atoms with E-state index in [1.54, 1.807) is 0 Å². The Balaban J connectivity index is 1.86. The van der Waals surface area contributed by atoms with Crippen molar-refractivity contribution in [3.05, 3.63) is 95.1 Å². The van der Waals surface area contributed by atoms with Crippen molar-refractivity contribution in [2.24, 2.45) is 0 Å². The second kappa shape index (κ2) is 13.8. The molecule has 0 atom stereocenters. The predicted octanol–water partition coefficient (Wildman–Crippen LogP) is 7.57. The van der Waals surface area contributed by atoms with Crippen molar-refractivity contribution < 1.29 is 14.6 Å². The molecule has 3 heteroatoms. The summed E-state index contributed by atoms with van der Waals surface area (Å²) in [6, 6.07) is 20.0. The number of hydrogen-bond acceptors (Lipinski definition) is 3. The average molecular weight is 485 g/mol. The molecule has 0 heterocycles. The maximum atomic E-state index is 11.5. The van der Waals surface area contributed by atoms with E-state index in [2.05, 4.69) is 81.9 Å². The largest absolute Gasteiger partial charge is 0.462 e. The average Bonchev–Trinajstić information content (AvgIpc) is 2.89. The van der Waals surface area contributed by atoms with E-state index >= 15 is 0 Å². The third-order valence-corrected chi connectivity index (χ3v) is 6.94. The Labute approximate surface area is 216 Å². The summed E-state index contributed by atoms with van der Waals surface area (Å²) in [6.07, 6.45) is 8.28. The minimum Gasteiger partial charge on any atom is -0.462 e. The molecule has 0 amide bonds. The Bertz CT molecular complexity index is 1160. The number of carbonyl (C=O) groups excluding carboxylic acids is 1. The van der Waals surface area contributed by atoms with Crippen LogP contribution in [0.3, 0.4) is 0 Å². The molecule has 0 saturated carbocycles. The van der Waals surface area contributed by atoms with Crippen molar-refractivity contribution >= 4 is 5.97 Å². The SMILES string of the molecule is C=CC(=O)OCCc1c(CCCO)ccc(-c2ccc(-c3ccc(CCCCC)cc3)cc2C)c1C. The van der Waals surface area contributed by atoms with Gasteiger partial charge < -0.3 is 9.84 Å². The fraction of sp³-hybridized carbons (Fsp3) is 0.364. The number of unbranched alkanes of at least 4 members (excludes halogenated alkanes) is 2. The van der Waals surface area contributed by atoms with Gasteiger partial charge in [-0.15, -0.1) is 0 Å². The Morgan fingerprint density at radius 2 is 1.61 bits per heavy atom. The Morgan fingerprint density at radius 3 is 2.28 bits per heavy atom. The standard InChI is InChI=1S/C33H40O3/c1-5-7-8-10-26-12-14-27(15-13-26)29-17-18-30(24(3)23-29)32-19-16-28(11-9-21-34)31(25(32)4)20-22-36-33(35)6-2/h6,12-19,23,34H,2,5,7-11,20-22H2,1,3-4H3. The smallest absolute Gasteiger partial charge is 0.330 e. The Morgan fingerprint density at radius 1 is 0.889 bits per heavy atom. The van der Waals surface area contributed by atoms with E-state index in [0.29, 0.717) is 19.4 Å². The molecule has 190 valence electrons. The lowest BCUT2D eigenvalue weighted by Gasteiger charge is -2.18. The molecule has 3 aromatic carbocycles. The number of carbonyl (C=O) groups is 1. The highest BCUT2D eigenvalue weighted by molar-refractivity contribution is 5.81. The van der Waals surface area contributed by atoms with Crippen molar-refractivity contribution in [1.82, 2.24) is 0 Å². The van der Waals surface area contributed by atoms with Crippen molar-refractivity contribution in [1.29, 1.82) is 0 Å². The molecule has 0 unspecified atom stereocenters. The summed E-state index contributed by atoms with van der Waals surface area (Å²) >= 11 is 0. The summed E-state index contributed by atoms with van der Waals surface area (Å²) in [5, 5.41) is 9.34. The summed E-state index contributed by atoms with van der Waals surface area (Å²) in [7, 11) is 0. The lowest BCUT2D eigenvalue weighted by Crippen LogP contribution is -2.08. The highest BCUT2D eigenvalue weighted by atomic mass is 16.5. The number of ether oxygens (including phenoxy) is 1. The van der Waals surface area contributed by atoms with Gasteiger partial charge in [-0.3, -0.25) is 0 Å². The van der Waals surface area contributed by atoms with E-state index < -0.39 is 5.97 Å². The maximum Gasteiger partial charge on any atom is 0.330 e. The molecule has 0 bridgehead atoms. The van der Waals surface area contributed by atoms with Crippen LogP contribution in [0.5, 0.6) is 0 Å². The van der Waals surface area contributed by atoms with E-state index in [9.17, 15) is 9.90 Å². The van der Waals surface area contributed by atoms with Crippen LogP contribution in [0.2, 0.25) is 0 Å². The normalized spacial score (nSPS) is 10.9. The summed E-state index contributed by atoms with van der Waals surface area (Å²) < 4.78 is 5.27. The highest BCUT2D eigenvalue weighted by Gasteiger charge is 2.14. The van der Waals surface area contributed by atoms with Crippen LogP contribution in [0.1, 0.15) is 60.4 Å². The molecule has 0 fully saturated rings. The molecule has 0 radical (unpaired) electrons. The number of esters is 1. The number of aryl methyl sites for hydroxylation is 3. The molecule has 3 rings (SSSR count). The minimum atomic E-state index is -0.402. The zero-order chi connectivity index (χ0) is 25.9. The monoisotopic (exact) mass is 484 g/mol. The molecule has 1 N–H and O–H groups in total. The Hall–Kier alpha value is -3.17. The van der Waals surface area contributed by atoms with E-state index in [1.165, 1.54) is 75.4 Å². The first kappa shape index (κ1) is 27.4. The number of benzene rings is 3. The minimum absolute atomic E-state index is 0.159. The first-order valence-corrected chi connectivity index (χ1v) is 13.2. The van der Waals surface area contributed by atoms with Crippen molar-refractivity contribution in [2.75, 3.05) is 13.2 Å². The van der Waals surface area contributed by atoms with Crippen molar-refractivity contribution in [3.63, 3.8) is 0 Å². The molecule has 0 aromatic heterocycles. The van der Waals surface area contributed by atoms with Crippen LogP contribution in [0, 0.1) is 13.8 Å². The van der Waals surface area contributed by atoms with E-state index in [1.807, 2.05) is 0 Å². The van der Waals surface area contributed by atoms with Crippen LogP contribution < -0.4 is 0 Å². The second-order valence-corrected chi connectivity index (χ2v) is 9.51. The predicted molar refractivity (Wildman–Crippen MR) is 150 cm³/mol. The molecular formula is C33H40O3. The maximum absolute atomic E-state index is 11.5. The number of aliphatic hydroxyl groups is 1. The van der Waals surface area contributed by atoms with Gasteiger partial charge in [-0.25, -0.2) is 4.79 Å². The quantitative estimate of drug-likeness (QED) is 0.155. The zero-order valence-electron chi connectivity index (χ0n) is 22.1. The molecule has 0 aliphatic rings. The molecule has 0 spiro atoms. The van der Waals surface area contributed by atoms with Gasteiger partial charge in [0, 0.05) is 19.1 Å². The molecule has 0 saturated heterocycles. The van der Waals surface area contributed by atoms with E-state index in [-0.39, 0.29) is 6.61 Å². The summed E-state index contributed by atoms with van der Waals surface area (Å²) in [5.41, 5.74) is 11.1. The van der Waals surface area contributed by atoms with E-state index in [4.69, 9.17) is 4.74 Å². The molecule has 3 nitrogen and oxygen atoms in total. The van der Waals surface area contributed by atoms with Gasteiger partial charge in [0.05, 0.1) is 6.61 Å². The van der Waals surface area contributed by atoms with Gasteiger partial charge in [-0.05, 0) is 89.6 Å². The van der Waals surface area contributed by atoms with Crippen LogP contribution in [-0.4, -0.2) is 24.3 Å². The van der Waals surface area contributed by atoms with Gasteiger partial charge in [-0.2, -0.15) is 0 Å². The summed E-state index contributed by atoms with van der Waals surface area (Å²) in [4.78, 5) is 11.5. The van der Waals surface area contributed by atoms with Gasteiger partial charge in [0.1, 0.15) is 0 Å². The topological polar surface area (TPSA) is 46.5 Å². The second-order valence-electron chi connectivity index (χ2n) is 9.51. The fourth-order valence-corrected chi connectivity index (χ4v) is 4.86. The zero-order valence-corrected chi connectivity index (χ0v) is 22.1. The first-order valence-electron chi connectivity index (χ1n) is 13.2. The third-order valence-electron chi connectivity index (χ3n) is 6.94. The summed E-state index contributed by atoms with van der Waals surface area (Å²) in [6.45, 7) is 10.5. The number of rotatable bonds is 13. The molecule has 0 aliphatic heterocycles. The fourth-order valence-electron chi connectivity index (χ4n) is 4.86. The molecule has 36 heavy (non-hydrogen) atoms. The molecule has 3 aromatic rings. The van der Waals surface area contributed by atoms with E-state index in [0.717, 1.165) is 12.8 Å². The van der Waals surface area contributed by atoms with Crippen LogP contribution in [0.15, 0.2) is 67.3 Å². The van der Waals surface area contributed by atoms with Gasteiger partial charge in [0.2, 0.25) is 0 Å². The van der Waals surface area contributed by atoms with Crippen LogP contribution in [-0.2, 0) is 28.8 Å². The first-order chi connectivity index (χ1) is 17.5. The lowest BCUT2D eigenvalue weighted by molar-refractivity contribution is -0.137. The number of hydrogen-bond donors (Lipinski definition) is 1. The van der Waals surface area contributed by atoms with Crippen molar-refractivity contribution in [3.8, 4) is 22.3 Å². The van der Waals surface area contributed by atoms with Crippen LogP contribution >= 0.6 is 0 Å². The third kappa shape index (κ3) is 7.18. The van der Waals surface area contributed by atoms with Crippen LogP contribution in [0.4, 0.5) is 0 Å². The lowest BCUT2D eigenvalue weighted by atomic mass is 9.87. The highest BCUT2D eigenvalue weighted by Crippen LogP contribution is 2.33. The molecular weight excluding hydrogens is 444 g/mol. The molecule has 0 aliphatic carbocycles. The van der Waals surface area contributed by atoms with Crippen LogP contribution in [0.25, 0.3) is 22.3 Å². The van der Waals surface area contributed by atoms with Gasteiger partial charge in [0.15, 0.2) is 0 Å².